The highest BCUT2D eigenvalue weighted by molar-refractivity contribution is 5.48. The molecule has 0 aliphatic carbocycles. The number of nitrogens with zero attached hydrogens (tertiary/aromatic N) is 1. The number of pyridine rings is 1. The van der Waals surface area contributed by atoms with Crippen molar-refractivity contribution in [2.24, 2.45) is 0 Å². The average molecular weight is 228 g/mol. The van der Waals surface area contributed by atoms with Gasteiger partial charge in [-0.1, -0.05) is 0 Å². The molecule has 1 aromatic heterocycles. The van der Waals surface area contributed by atoms with Crippen molar-refractivity contribution < 1.29 is 4.74 Å². The van der Waals surface area contributed by atoms with Crippen LogP contribution in [0.5, 0.6) is 5.75 Å². The first-order valence-corrected chi connectivity index (χ1v) is 5.60. The van der Waals surface area contributed by atoms with Crippen molar-refractivity contribution in [2.75, 3.05) is 12.4 Å². The summed E-state index contributed by atoms with van der Waals surface area (Å²) < 4.78 is 5.12. The maximum absolute atomic E-state index is 5.12. The minimum atomic E-state index is 0.256. The number of rotatable bonds is 4. The molecule has 0 bridgehead atoms. The highest BCUT2D eigenvalue weighted by Crippen LogP contribution is 2.20. The van der Waals surface area contributed by atoms with Gasteiger partial charge in [0, 0.05) is 24.1 Å². The monoisotopic (exact) mass is 228 g/mol. The van der Waals surface area contributed by atoms with Crippen LogP contribution in [0.15, 0.2) is 48.8 Å². The maximum Gasteiger partial charge on any atom is 0.119 e. The van der Waals surface area contributed by atoms with Gasteiger partial charge in [-0.2, -0.15) is 0 Å². The van der Waals surface area contributed by atoms with Gasteiger partial charge in [-0.25, -0.2) is 0 Å². The number of hydrogen-bond acceptors (Lipinski definition) is 3. The number of ether oxygens (including phenoxy) is 1. The van der Waals surface area contributed by atoms with Crippen LogP contribution in [0.2, 0.25) is 0 Å². The molecule has 3 heteroatoms. The van der Waals surface area contributed by atoms with E-state index in [0.717, 1.165) is 11.4 Å². The quantitative estimate of drug-likeness (QED) is 0.872. The van der Waals surface area contributed by atoms with Crippen LogP contribution in [0, 0.1) is 0 Å². The smallest absolute Gasteiger partial charge is 0.119 e. The third-order valence-electron chi connectivity index (χ3n) is 2.68. The summed E-state index contributed by atoms with van der Waals surface area (Å²) in [6.45, 7) is 2.12. The van der Waals surface area contributed by atoms with Crippen LogP contribution in [0.1, 0.15) is 18.5 Å². The molecular formula is C14H16N2O. The average Bonchev–Trinajstić information content (AvgIpc) is 2.40. The third kappa shape index (κ3) is 2.97. The van der Waals surface area contributed by atoms with Gasteiger partial charge in [0.15, 0.2) is 0 Å². The van der Waals surface area contributed by atoms with Gasteiger partial charge in [0.05, 0.1) is 7.11 Å². The zero-order valence-corrected chi connectivity index (χ0v) is 10.1. The van der Waals surface area contributed by atoms with E-state index >= 15 is 0 Å². The van der Waals surface area contributed by atoms with Crippen molar-refractivity contribution in [2.45, 2.75) is 13.0 Å². The predicted octanol–water partition coefficient (Wildman–Crippen LogP) is 3.26. The molecule has 17 heavy (non-hydrogen) atoms. The zero-order valence-electron chi connectivity index (χ0n) is 10.1. The number of methoxy groups -OCH3 is 1. The summed E-state index contributed by atoms with van der Waals surface area (Å²) in [5.41, 5.74) is 2.30. The van der Waals surface area contributed by atoms with Crippen LogP contribution in [-0.4, -0.2) is 12.1 Å². The molecule has 2 aromatic rings. The topological polar surface area (TPSA) is 34.1 Å². The van der Waals surface area contributed by atoms with Gasteiger partial charge in [0.2, 0.25) is 0 Å². The van der Waals surface area contributed by atoms with Gasteiger partial charge in [-0.15, -0.1) is 0 Å². The van der Waals surface area contributed by atoms with Gasteiger partial charge in [0.25, 0.3) is 0 Å². The number of anilines is 1. The van der Waals surface area contributed by atoms with Gasteiger partial charge in [-0.3, -0.25) is 4.98 Å². The first-order valence-electron chi connectivity index (χ1n) is 5.60. The van der Waals surface area contributed by atoms with E-state index in [1.807, 2.05) is 48.8 Å². The largest absolute Gasteiger partial charge is 0.497 e. The molecular weight excluding hydrogens is 212 g/mol. The van der Waals surface area contributed by atoms with E-state index in [9.17, 15) is 0 Å². The Morgan fingerprint density at radius 1 is 1.06 bits per heavy atom. The fourth-order valence-electron chi connectivity index (χ4n) is 1.67. The predicted molar refractivity (Wildman–Crippen MR) is 69.3 cm³/mol. The van der Waals surface area contributed by atoms with Crippen molar-refractivity contribution in [3.8, 4) is 5.75 Å². The van der Waals surface area contributed by atoms with Crippen molar-refractivity contribution >= 4 is 5.69 Å². The third-order valence-corrected chi connectivity index (χ3v) is 2.68. The first kappa shape index (κ1) is 11.5. The van der Waals surface area contributed by atoms with Crippen molar-refractivity contribution in [3.63, 3.8) is 0 Å². The highest BCUT2D eigenvalue weighted by Gasteiger charge is 2.04. The van der Waals surface area contributed by atoms with E-state index in [1.54, 1.807) is 7.11 Å². The minimum absolute atomic E-state index is 0.256. The molecule has 2 rings (SSSR count). The van der Waals surface area contributed by atoms with Crippen LogP contribution >= 0.6 is 0 Å². The Kier molecular flexibility index (Phi) is 3.60. The number of aromatic nitrogens is 1. The molecule has 0 saturated carbocycles. The number of hydrogen-bond donors (Lipinski definition) is 1. The lowest BCUT2D eigenvalue weighted by Gasteiger charge is -2.15. The summed E-state index contributed by atoms with van der Waals surface area (Å²) in [6, 6.07) is 12.2. The van der Waals surface area contributed by atoms with Crippen LogP contribution in [0.25, 0.3) is 0 Å². The van der Waals surface area contributed by atoms with Gasteiger partial charge < -0.3 is 10.1 Å². The molecule has 0 fully saturated rings. The number of nitrogens with one attached hydrogen (secondary N) is 1. The summed E-state index contributed by atoms with van der Waals surface area (Å²) in [4.78, 5) is 4.01. The molecule has 0 radical (unpaired) electrons. The molecule has 88 valence electrons. The highest BCUT2D eigenvalue weighted by atomic mass is 16.5. The van der Waals surface area contributed by atoms with Crippen LogP contribution in [-0.2, 0) is 0 Å². The van der Waals surface area contributed by atoms with Crippen LogP contribution in [0.3, 0.4) is 0 Å². The molecule has 0 saturated heterocycles. The molecule has 3 nitrogen and oxygen atoms in total. The van der Waals surface area contributed by atoms with Crippen molar-refractivity contribution in [1.82, 2.24) is 4.98 Å². The second-order valence-corrected chi connectivity index (χ2v) is 3.88. The second kappa shape index (κ2) is 5.34. The molecule has 0 aliphatic rings. The molecule has 1 heterocycles. The summed E-state index contributed by atoms with van der Waals surface area (Å²) >= 11 is 0. The molecule has 1 N–H and O–H groups in total. The summed E-state index contributed by atoms with van der Waals surface area (Å²) in [6.07, 6.45) is 3.61. The SMILES string of the molecule is COc1ccc(NC(C)c2ccncc2)cc1. The Labute approximate surface area is 101 Å². The van der Waals surface area contributed by atoms with Gasteiger partial charge >= 0.3 is 0 Å². The minimum Gasteiger partial charge on any atom is -0.497 e. The van der Waals surface area contributed by atoms with E-state index < -0.39 is 0 Å². The lowest BCUT2D eigenvalue weighted by atomic mass is 10.1. The van der Waals surface area contributed by atoms with E-state index in [4.69, 9.17) is 4.74 Å². The lowest BCUT2D eigenvalue weighted by Crippen LogP contribution is -2.06. The number of benzene rings is 1. The van der Waals surface area contributed by atoms with E-state index in [0.29, 0.717) is 0 Å². The standard InChI is InChI=1S/C14H16N2O/c1-11(12-7-9-15-10-8-12)16-13-3-5-14(17-2)6-4-13/h3-11,16H,1-2H3. The van der Waals surface area contributed by atoms with Crippen molar-refractivity contribution in [3.05, 3.63) is 54.4 Å². The molecule has 0 amide bonds. The Hall–Kier alpha value is -2.03. The fraction of sp³-hybridized carbons (Fsp3) is 0.214. The molecule has 1 unspecified atom stereocenters. The fourth-order valence-corrected chi connectivity index (χ4v) is 1.67. The Morgan fingerprint density at radius 2 is 1.71 bits per heavy atom. The second-order valence-electron chi connectivity index (χ2n) is 3.88. The van der Waals surface area contributed by atoms with E-state index in [1.165, 1.54) is 5.56 Å². The first-order chi connectivity index (χ1) is 8.29. The lowest BCUT2D eigenvalue weighted by molar-refractivity contribution is 0.415. The molecule has 0 aliphatic heterocycles. The van der Waals surface area contributed by atoms with Gasteiger partial charge in [-0.05, 0) is 48.9 Å². The maximum atomic E-state index is 5.12. The van der Waals surface area contributed by atoms with E-state index in [-0.39, 0.29) is 6.04 Å². The van der Waals surface area contributed by atoms with E-state index in [2.05, 4.69) is 17.2 Å². The zero-order chi connectivity index (χ0) is 12.1. The Balaban J connectivity index is 2.05. The summed E-state index contributed by atoms with van der Waals surface area (Å²) in [5.74, 6) is 0.868. The summed E-state index contributed by atoms with van der Waals surface area (Å²) in [5, 5.41) is 3.43. The molecule has 1 aromatic carbocycles. The van der Waals surface area contributed by atoms with Crippen LogP contribution in [0.4, 0.5) is 5.69 Å². The molecule has 1 atom stereocenters. The summed E-state index contributed by atoms with van der Waals surface area (Å²) in [7, 11) is 1.67. The normalized spacial score (nSPS) is 11.9. The Bertz CT molecular complexity index is 453. The Morgan fingerprint density at radius 3 is 2.29 bits per heavy atom. The van der Waals surface area contributed by atoms with Crippen LogP contribution < -0.4 is 10.1 Å². The molecule has 0 spiro atoms. The van der Waals surface area contributed by atoms with Gasteiger partial charge in [0.1, 0.15) is 5.75 Å². The van der Waals surface area contributed by atoms with Crippen molar-refractivity contribution in [1.29, 1.82) is 0 Å².